The Kier molecular flexibility index (Phi) is 3.40. The summed E-state index contributed by atoms with van der Waals surface area (Å²) in [5.41, 5.74) is 1.10. The molecule has 19 heavy (non-hydrogen) atoms. The highest BCUT2D eigenvalue weighted by molar-refractivity contribution is 5.96. The number of piperidine rings is 1. The third kappa shape index (κ3) is 2.57. The first-order chi connectivity index (χ1) is 9.13. The number of hydrogen-bond acceptors (Lipinski definition) is 2. The van der Waals surface area contributed by atoms with Gasteiger partial charge in [0.05, 0.1) is 0 Å². The van der Waals surface area contributed by atoms with E-state index in [9.17, 15) is 9.18 Å². The second-order valence-corrected chi connectivity index (χ2v) is 5.96. The van der Waals surface area contributed by atoms with E-state index in [4.69, 9.17) is 0 Å². The first-order valence-electron chi connectivity index (χ1n) is 7.17. The number of fused-ring (bicyclic) bond motifs is 2. The van der Waals surface area contributed by atoms with Gasteiger partial charge in [0.15, 0.2) is 5.78 Å². The fourth-order valence-corrected chi connectivity index (χ4v) is 3.46. The molecule has 1 saturated heterocycles. The summed E-state index contributed by atoms with van der Waals surface area (Å²) in [5, 5.41) is 0. The van der Waals surface area contributed by atoms with E-state index in [0.717, 1.165) is 19.0 Å². The lowest BCUT2D eigenvalue weighted by atomic mass is 10.0. The van der Waals surface area contributed by atoms with Gasteiger partial charge in [0.25, 0.3) is 0 Å². The second kappa shape index (κ2) is 5.04. The normalized spacial score (nSPS) is 26.0. The Labute approximate surface area is 113 Å². The zero-order valence-electron chi connectivity index (χ0n) is 11.4. The van der Waals surface area contributed by atoms with Crippen LogP contribution >= 0.6 is 0 Å². The molecule has 3 rings (SSSR count). The molecule has 102 valence electrons. The molecule has 1 saturated carbocycles. The van der Waals surface area contributed by atoms with Crippen molar-refractivity contribution in [2.75, 3.05) is 13.1 Å². The van der Waals surface area contributed by atoms with E-state index in [0.29, 0.717) is 23.6 Å². The lowest BCUT2D eigenvalue weighted by molar-refractivity contribution is 0.0954. The van der Waals surface area contributed by atoms with Crippen LogP contribution in [-0.2, 0) is 0 Å². The topological polar surface area (TPSA) is 20.3 Å². The van der Waals surface area contributed by atoms with Crippen molar-refractivity contribution < 1.29 is 9.18 Å². The second-order valence-electron chi connectivity index (χ2n) is 5.96. The summed E-state index contributed by atoms with van der Waals surface area (Å²) in [6.45, 7) is 3.69. The highest BCUT2D eigenvalue weighted by Gasteiger charge is 2.37. The summed E-state index contributed by atoms with van der Waals surface area (Å²) >= 11 is 0. The van der Waals surface area contributed by atoms with Crippen molar-refractivity contribution >= 4 is 5.78 Å². The van der Waals surface area contributed by atoms with Gasteiger partial charge in [-0.1, -0.05) is 12.1 Å². The monoisotopic (exact) mass is 261 g/mol. The van der Waals surface area contributed by atoms with Crippen LogP contribution in [-0.4, -0.2) is 29.8 Å². The van der Waals surface area contributed by atoms with Crippen LogP contribution in [0.3, 0.4) is 0 Å². The Bertz CT molecular complexity index is 500. The molecule has 2 atom stereocenters. The van der Waals surface area contributed by atoms with Gasteiger partial charge in [-0.05, 0) is 43.7 Å². The Morgan fingerprint density at radius 2 is 2.26 bits per heavy atom. The Morgan fingerprint density at radius 3 is 2.89 bits per heavy atom. The average molecular weight is 261 g/mol. The van der Waals surface area contributed by atoms with Crippen molar-refractivity contribution in [3.8, 4) is 0 Å². The molecule has 3 heteroatoms. The minimum atomic E-state index is -0.286. The standard InChI is InChI=1S/C16H20FNO/c1-11-2-4-13(9-15(11)17)16(19)6-7-18-10-12-3-5-14(18)8-12/h2,4,9,12,14H,3,5-8,10H2,1H3. The quantitative estimate of drug-likeness (QED) is 0.776. The molecule has 1 aliphatic carbocycles. The lowest BCUT2D eigenvalue weighted by Crippen LogP contribution is -2.33. The van der Waals surface area contributed by atoms with Crippen LogP contribution in [0.5, 0.6) is 0 Å². The molecule has 1 aliphatic heterocycles. The van der Waals surface area contributed by atoms with E-state index in [-0.39, 0.29) is 11.6 Å². The van der Waals surface area contributed by atoms with Gasteiger partial charge in [-0.2, -0.15) is 0 Å². The van der Waals surface area contributed by atoms with E-state index in [2.05, 4.69) is 4.90 Å². The zero-order chi connectivity index (χ0) is 13.4. The summed E-state index contributed by atoms with van der Waals surface area (Å²) in [7, 11) is 0. The number of likely N-dealkylation sites (tertiary alicyclic amines) is 1. The Hall–Kier alpha value is -1.22. The molecule has 2 nitrogen and oxygen atoms in total. The number of carbonyl (C=O) groups excluding carboxylic acids is 1. The maximum absolute atomic E-state index is 13.4. The fourth-order valence-electron chi connectivity index (χ4n) is 3.46. The fraction of sp³-hybridized carbons (Fsp3) is 0.562. The predicted molar refractivity (Wildman–Crippen MR) is 72.8 cm³/mol. The minimum absolute atomic E-state index is 0.0571. The number of rotatable bonds is 4. The summed E-state index contributed by atoms with van der Waals surface area (Å²) in [5.74, 6) is 0.629. The van der Waals surface area contributed by atoms with Crippen LogP contribution in [0.25, 0.3) is 0 Å². The van der Waals surface area contributed by atoms with Crippen LogP contribution in [0.15, 0.2) is 18.2 Å². The maximum Gasteiger partial charge on any atom is 0.164 e. The summed E-state index contributed by atoms with van der Waals surface area (Å²) in [6, 6.07) is 5.48. The Morgan fingerprint density at radius 1 is 1.42 bits per heavy atom. The number of hydrogen-bond donors (Lipinski definition) is 0. The van der Waals surface area contributed by atoms with Gasteiger partial charge in [0.1, 0.15) is 5.82 Å². The summed E-state index contributed by atoms with van der Waals surface area (Å²) in [4.78, 5) is 14.5. The van der Waals surface area contributed by atoms with E-state index >= 15 is 0 Å². The number of aryl methyl sites for hydroxylation is 1. The average Bonchev–Trinajstić information content (AvgIpc) is 3.01. The molecule has 1 aromatic rings. The first kappa shape index (κ1) is 12.8. The molecular formula is C16H20FNO. The highest BCUT2D eigenvalue weighted by atomic mass is 19.1. The number of benzene rings is 1. The van der Waals surface area contributed by atoms with E-state index < -0.39 is 0 Å². The van der Waals surface area contributed by atoms with Crippen LogP contribution in [0.1, 0.15) is 41.6 Å². The van der Waals surface area contributed by atoms with Crippen molar-refractivity contribution in [1.82, 2.24) is 4.90 Å². The first-order valence-corrected chi connectivity index (χ1v) is 7.17. The van der Waals surface area contributed by atoms with Crippen LogP contribution in [0.2, 0.25) is 0 Å². The predicted octanol–water partition coefficient (Wildman–Crippen LogP) is 3.19. The van der Waals surface area contributed by atoms with Crippen molar-refractivity contribution in [1.29, 1.82) is 0 Å². The molecule has 2 bridgehead atoms. The molecule has 0 N–H and O–H groups in total. The molecule has 0 spiro atoms. The van der Waals surface area contributed by atoms with Gasteiger partial charge in [-0.15, -0.1) is 0 Å². The molecule has 0 radical (unpaired) electrons. The molecule has 1 aromatic carbocycles. The van der Waals surface area contributed by atoms with Crippen molar-refractivity contribution in [3.05, 3.63) is 35.1 Å². The maximum atomic E-state index is 13.4. The van der Waals surface area contributed by atoms with E-state index in [1.165, 1.54) is 25.3 Å². The summed E-state index contributed by atoms with van der Waals surface area (Å²) < 4.78 is 13.4. The van der Waals surface area contributed by atoms with Gasteiger partial charge in [0.2, 0.25) is 0 Å². The molecule has 1 heterocycles. The smallest absolute Gasteiger partial charge is 0.164 e. The molecular weight excluding hydrogens is 241 g/mol. The molecule has 2 unspecified atom stereocenters. The van der Waals surface area contributed by atoms with Gasteiger partial charge >= 0.3 is 0 Å². The zero-order valence-corrected chi connectivity index (χ0v) is 11.4. The number of halogens is 1. The third-order valence-corrected chi connectivity index (χ3v) is 4.64. The molecule has 0 aromatic heterocycles. The van der Waals surface area contributed by atoms with E-state index in [1.54, 1.807) is 19.1 Å². The summed E-state index contributed by atoms with van der Waals surface area (Å²) in [6.07, 6.45) is 4.47. The van der Waals surface area contributed by atoms with E-state index in [1.807, 2.05) is 0 Å². The number of nitrogens with zero attached hydrogens (tertiary/aromatic N) is 1. The van der Waals surface area contributed by atoms with Crippen LogP contribution in [0.4, 0.5) is 4.39 Å². The van der Waals surface area contributed by atoms with Gasteiger partial charge in [0, 0.05) is 31.1 Å². The SMILES string of the molecule is Cc1ccc(C(=O)CCN2CC3CCC2C3)cc1F. The number of Topliss-reactive ketones (excluding diaryl/α,β-unsaturated/α-hetero) is 1. The highest BCUT2D eigenvalue weighted by Crippen LogP contribution is 2.37. The third-order valence-electron chi connectivity index (χ3n) is 4.64. The number of ketones is 1. The van der Waals surface area contributed by atoms with Crippen molar-refractivity contribution in [2.45, 2.75) is 38.6 Å². The number of carbonyl (C=O) groups is 1. The van der Waals surface area contributed by atoms with Crippen LogP contribution in [0, 0.1) is 18.7 Å². The Balaban J connectivity index is 1.57. The minimum Gasteiger partial charge on any atom is -0.300 e. The van der Waals surface area contributed by atoms with Gasteiger partial charge in [-0.25, -0.2) is 4.39 Å². The van der Waals surface area contributed by atoms with Crippen LogP contribution < -0.4 is 0 Å². The molecule has 0 amide bonds. The van der Waals surface area contributed by atoms with Gasteiger partial charge < -0.3 is 0 Å². The van der Waals surface area contributed by atoms with Crippen molar-refractivity contribution in [2.24, 2.45) is 5.92 Å². The van der Waals surface area contributed by atoms with Gasteiger partial charge in [-0.3, -0.25) is 9.69 Å². The largest absolute Gasteiger partial charge is 0.300 e. The molecule has 2 fully saturated rings. The molecule has 2 aliphatic rings. The van der Waals surface area contributed by atoms with Crippen molar-refractivity contribution in [3.63, 3.8) is 0 Å². The lowest BCUT2D eigenvalue weighted by Gasteiger charge is -2.26.